The van der Waals surface area contributed by atoms with E-state index in [0.717, 1.165) is 12.8 Å². The van der Waals surface area contributed by atoms with Crippen molar-refractivity contribution in [2.75, 3.05) is 31.7 Å². The van der Waals surface area contributed by atoms with Crippen molar-refractivity contribution in [3.8, 4) is 0 Å². The van der Waals surface area contributed by atoms with Crippen molar-refractivity contribution >= 4 is 11.8 Å². The fraction of sp³-hybridized carbons (Fsp3) is 0.583. The Morgan fingerprint density at radius 2 is 2.11 bits per heavy atom. The van der Waals surface area contributed by atoms with Crippen LogP contribution in [0.2, 0.25) is 0 Å². The van der Waals surface area contributed by atoms with Crippen molar-refractivity contribution in [3.05, 3.63) is 17.8 Å². The number of aromatic nitrogens is 2. The summed E-state index contributed by atoms with van der Waals surface area (Å²) in [6, 6.07) is 2.97. The minimum atomic E-state index is -1.10. The molecule has 1 fully saturated rings. The Kier molecular flexibility index (Phi) is 4.28. The number of aromatic carboxylic acids is 1. The standard InChI is InChI=1S/C12H17N3O4/c16-8-12(3-5-19-6-4-12)7-13-10-2-1-9(11(17)18)14-15-10/h1-2,16H,3-8H2,(H,13,15)(H,17,18). The SMILES string of the molecule is O=C(O)c1ccc(NCC2(CO)CCOCC2)nn1. The molecule has 1 aromatic heterocycles. The molecule has 19 heavy (non-hydrogen) atoms. The topological polar surface area (TPSA) is 105 Å². The third-order valence-corrected chi connectivity index (χ3v) is 3.42. The molecule has 7 heteroatoms. The van der Waals surface area contributed by atoms with Gasteiger partial charge in [-0.15, -0.1) is 10.2 Å². The molecule has 0 bridgehead atoms. The van der Waals surface area contributed by atoms with Gasteiger partial charge in [0.25, 0.3) is 0 Å². The summed E-state index contributed by atoms with van der Waals surface area (Å²) in [7, 11) is 0. The molecule has 0 amide bonds. The Balaban J connectivity index is 1.95. The second-order valence-corrected chi connectivity index (χ2v) is 4.73. The highest BCUT2D eigenvalue weighted by Gasteiger charge is 2.31. The Hall–Kier alpha value is -1.73. The predicted octanol–water partition coefficient (Wildman–Crippen LogP) is 0.376. The lowest BCUT2D eigenvalue weighted by atomic mass is 9.81. The summed E-state index contributed by atoms with van der Waals surface area (Å²) in [5.74, 6) is -0.598. The molecule has 0 atom stereocenters. The van der Waals surface area contributed by atoms with Gasteiger partial charge in [-0.2, -0.15) is 0 Å². The Morgan fingerprint density at radius 3 is 2.63 bits per heavy atom. The van der Waals surface area contributed by atoms with Crippen LogP contribution in [0.5, 0.6) is 0 Å². The van der Waals surface area contributed by atoms with Gasteiger partial charge in [-0.1, -0.05) is 0 Å². The van der Waals surface area contributed by atoms with Gasteiger partial charge in [0.15, 0.2) is 5.69 Å². The van der Waals surface area contributed by atoms with Crippen LogP contribution in [-0.2, 0) is 4.74 Å². The number of aliphatic hydroxyl groups is 1. The molecule has 2 rings (SSSR count). The average molecular weight is 267 g/mol. The number of carboxylic acid groups (broad SMARTS) is 1. The van der Waals surface area contributed by atoms with Crippen molar-refractivity contribution in [1.29, 1.82) is 0 Å². The van der Waals surface area contributed by atoms with Crippen molar-refractivity contribution < 1.29 is 19.7 Å². The van der Waals surface area contributed by atoms with Crippen LogP contribution in [0.25, 0.3) is 0 Å². The summed E-state index contributed by atoms with van der Waals surface area (Å²) in [4.78, 5) is 10.6. The number of rotatable bonds is 5. The maximum atomic E-state index is 10.6. The van der Waals surface area contributed by atoms with Crippen molar-refractivity contribution in [2.45, 2.75) is 12.8 Å². The zero-order valence-electron chi connectivity index (χ0n) is 10.5. The molecule has 0 radical (unpaired) electrons. The van der Waals surface area contributed by atoms with Crippen LogP contribution in [0, 0.1) is 5.41 Å². The van der Waals surface area contributed by atoms with Crippen LogP contribution < -0.4 is 5.32 Å². The molecule has 1 aromatic rings. The quantitative estimate of drug-likeness (QED) is 0.708. The van der Waals surface area contributed by atoms with Crippen LogP contribution in [0.4, 0.5) is 5.82 Å². The predicted molar refractivity (Wildman–Crippen MR) is 67.1 cm³/mol. The van der Waals surface area contributed by atoms with Gasteiger partial charge in [0.2, 0.25) is 0 Å². The van der Waals surface area contributed by atoms with Crippen molar-refractivity contribution in [2.24, 2.45) is 5.41 Å². The highest BCUT2D eigenvalue weighted by molar-refractivity contribution is 5.85. The maximum absolute atomic E-state index is 10.6. The first kappa shape index (κ1) is 13.7. The van der Waals surface area contributed by atoms with Gasteiger partial charge in [-0.3, -0.25) is 0 Å². The molecule has 104 valence electrons. The highest BCUT2D eigenvalue weighted by atomic mass is 16.5. The van der Waals surface area contributed by atoms with E-state index in [2.05, 4.69) is 15.5 Å². The number of aliphatic hydroxyl groups excluding tert-OH is 1. The number of hydrogen-bond acceptors (Lipinski definition) is 6. The average Bonchev–Trinajstić information content (AvgIpc) is 2.46. The fourth-order valence-corrected chi connectivity index (χ4v) is 2.01. The van der Waals surface area contributed by atoms with Crippen LogP contribution in [0.3, 0.4) is 0 Å². The number of carbonyl (C=O) groups is 1. The van der Waals surface area contributed by atoms with E-state index >= 15 is 0 Å². The summed E-state index contributed by atoms with van der Waals surface area (Å²) < 4.78 is 5.29. The van der Waals surface area contributed by atoms with E-state index in [1.807, 2.05) is 0 Å². The smallest absolute Gasteiger partial charge is 0.356 e. The van der Waals surface area contributed by atoms with Gasteiger partial charge >= 0.3 is 5.97 Å². The van der Waals surface area contributed by atoms with Gasteiger partial charge in [-0.25, -0.2) is 4.79 Å². The first-order chi connectivity index (χ1) is 9.15. The summed E-state index contributed by atoms with van der Waals surface area (Å²) in [5, 5.41) is 28.7. The second-order valence-electron chi connectivity index (χ2n) is 4.73. The van der Waals surface area contributed by atoms with Gasteiger partial charge in [0.1, 0.15) is 5.82 Å². The van der Waals surface area contributed by atoms with E-state index in [9.17, 15) is 9.90 Å². The molecule has 0 aromatic carbocycles. The molecular formula is C12H17N3O4. The Morgan fingerprint density at radius 1 is 1.37 bits per heavy atom. The molecule has 2 heterocycles. The molecule has 3 N–H and O–H groups in total. The lowest BCUT2D eigenvalue weighted by Gasteiger charge is -2.35. The van der Waals surface area contributed by atoms with E-state index in [0.29, 0.717) is 25.6 Å². The van der Waals surface area contributed by atoms with Crippen LogP contribution in [0.1, 0.15) is 23.3 Å². The van der Waals surface area contributed by atoms with E-state index in [1.54, 1.807) is 6.07 Å². The molecule has 0 saturated carbocycles. The molecule has 1 saturated heterocycles. The van der Waals surface area contributed by atoms with Crippen LogP contribution >= 0.6 is 0 Å². The Labute approximate surface area is 110 Å². The van der Waals surface area contributed by atoms with E-state index < -0.39 is 5.97 Å². The summed E-state index contributed by atoms with van der Waals surface area (Å²) >= 11 is 0. The summed E-state index contributed by atoms with van der Waals surface area (Å²) in [6.45, 7) is 1.94. The maximum Gasteiger partial charge on any atom is 0.356 e. The van der Waals surface area contributed by atoms with Gasteiger partial charge < -0.3 is 20.3 Å². The molecule has 1 aliphatic rings. The lowest BCUT2D eigenvalue weighted by Crippen LogP contribution is -2.39. The van der Waals surface area contributed by atoms with E-state index in [1.165, 1.54) is 6.07 Å². The van der Waals surface area contributed by atoms with Crippen molar-refractivity contribution in [3.63, 3.8) is 0 Å². The van der Waals surface area contributed by atoms with Crippen molar-refractivity contribution in [1.82, 2.24) is 10.2 Å². The number of nitrogens with one attached hydrogen (secondary N) is 1. The normalized spacial score (nSPS) is 17.9. The molecule has 0 spiro atoms. The number of nitrogens with zero attached hydrogens (tertiary/aromatic N) is 2. The molecule has 0 unspecified atom stereocenters. The van der Waals surface area contributed by atoms with Crippen LogP contribution in [-0.4, -0.2) is 52.7 Å². The summed E-state index contributed by atoms with van der Waals surface area (Å²) in [6.07, 6.45) is 1.58. The monoisotopic (exact) mass is 267 g/mol. The first-order valence-corrected chi connectivity index (χ1v) is 6.15. The Bertz CT molecular complexity index is 429. The number of anilines is 1. The first-order valence-electron chi connectivity index (χ1n) is 6.15. The minimum Gasteiger partial charge on any atom is -0.476 e. The van der Waals surface area contributed by atoms with Gasteiger partial charge in [-0.05, 0) is 25.0 Å². The molecule has 7 nitrogen and oxygen atoms in total. The van der Waals surface area contributed by atoms with E-state index in [-0.39, 0.29) is 17.7 Å². The number of hydrogen-bond donors (Lipinski definition) is 3. The third kappa shape index (κ3) is 3.39. The van der Waals surface area contributed by atoms with E-state index in [4.69, 9.17) is 9.84 Å². The lowest BCUT2D eigenvalue weighted by molar-refractivity contribution is -0.00862. The zero-order valence-corrected chi connectivity index (χ0v) is 10.5. The number of carboxylic acids is 1. The fourth-order valence-electron chi connectivity index (χ4n) is 2.01. The van der Waals surface area contributed by atoms with Gasteiger partial charge in [0.05, 0.1) is 6.61 Å². The summed E-state index contributed by atoms with van der Waals surface area (Å²) in [5.41, 5.74) is -0.292. The highest BCUT2D eigenvalue weighted by Crippen LogP contribution is 2.29. The minimum absolute atomic E-state index is 0.0873. The molecular weight excluding hydrogens is 250 g/mol. The molecule has 0 aliphatic carbocycles. The van der Waals surface area contributed by atoms with Crippen LogP contribution in [0.15, 0.2) is 12.1 Å². The van der Waals surface area contributed by atoms with Gasteiger partial charge in [0, 0.05) is 25.2 Å². The molecule has 1 aliphatic heterocycles. The number of ether oxygens (including phenoxy) is 1. The third-order valence-electron chi connectivity index (χ3n) is 3.42. The largest absolute Gasteiger partial charge is 0.476 e. The second kappa shape index (κ2) is 5.94. The zero-order chi connectivity index (χ0) is 13.7.